The van der Waals surface area contributed by atoms with Gasteiger partial charge in [-0.2, -0.15) is 5.10 Å². The van der Waals surface area contributed by atoms with E-state index < -0.39 is 29.7 Å². The van der Waals surface area contributed by atoms with E-state index in [1.165, 1.54) is 24.0 Å². The molecule has 3 fully saturated rings. The van der Waals surface area contributed by atoms with Crippen molar-refractivity contribution in [2.24, 2.45) is 22.9 Å². The van der Waals surface area contributed by atoms with Crippen molar-refractivity contribution >= 4 is 41.6 Å². The maximum atomic E-state index is 12.9. The second kappa shape index (κ2) is 8.29. The molecule has 2 bridgehead atoms. The van der Waals surface area contributed by atoms with Crippen molar-refractivity contribution in [3.8, 4) is 0 Å². The lowest BCUT2D eigenvalue weighted by Gasteiger charge is -2.36. The van der Waals surface area contributed by atoms with Crippen LogP contribution in [-0.4, -0.2) is 46.8 Å². The van der Waals surface area contributed by atoms with Gasteiger partial charge in [0.25, 0.3) is 5.91 Å². The molecule has 1 saturated heterocycles. The number of carbonyl (C=O) groups is 5. The summed E-state index contributed by atoms with van der Waals surface area (Å²) < 4.78 is 0. The van der Waals surface area contributed by atoms with Crippen molar-refractivity contribution in [3.05, 3.63) is 29.8 Å². The van der Waals surface area contributed by atoms with Crippen molar-refractivity contribution < 1.29 is 24.0 Å². The fourth-order valence-corrected chi connectivity index (χ4v) is 4.72. The molecule has 10 nitrogen and oxygen atoms in total. The van der Waals surface area contributed by atoms with Gasteiger partial charge in [0.1, 0.15) is 0 Å². The number of urea groups is 1. The molecule has 10 heteroatoms. The fraction of sp³-hybridized carbons (Fsp3) is 0.429. The summed E-state index contributed by atoms with van der Waals surface area (Å²) >= 11 is 0. The molecule has 0 spiro atoms. The molecule has 6 amide bonds. The predicted octanol–water partition coefficient (Wildman–Crippen LogP) is 1.24. The molecule has 0 aromatic heterocycles. The molecule has 1 aromatic rings. The van der Waals surface area contributed by atoms with Gasteiger partial charge in [0, 0.05) is 30.4 Å². The molecule has 0 radical (unpaired) electrons. The molecule has 2 saturated carbocycles. The maximum absolute atomic E-state index is 12.9. The van der Waals surface area contributed by atoms with E-state index in [-0.39, 0.29) is 23.4 Å². The summed E-state index contributed by atoms with van der Waals surface area (Å²) in [6.07, 6.45) is 4.93. The van der Waals surface area contributed by atoms with E-state index in [1.54, 1.807) is 12.1 Å². The number of fused-ring (bicyclic) bond motifs is 2. The smallest absolute Gasteiger partial charge is 0.326 e. The Bertz CT molecular complexity index is 973. The maximum Gasteiger partial charge on any atom is 0.331 e. The Labute approximate surface area is 178 Å². The SMILES string of the molecule is CC(=O)Nc1ccc(C(=O)N/N=C\[C@H]2C(=O)NC(=O)N([C@H]3C[C@H]4CC[C@H]3C4)C2=O)cc1. The van der Waals surface area contributed by atoms with E-state index in [0.29, 0.717) is 11.6 Å². The number of anilines is 1. The van der Waals surface area contributed by atoms with Gasteiger partial charge < -0.3 is 5.32 Å². The van der Waals surface area contributed by atoms with Crippen molar-refractivity contribution in [2.75, 3.05) is 5.32 Å². The van der Waals surface area contributed by atoms with Crippen molar-refractivity contribution in [1.29, 1.82) is 0 Å². The first-order valence-corrected chi connectivity index (χ1v) is 10.2. The fourth-order valence-electron chi connectivity index (χ4n) is 4.72. The number of nitrogens with zero attached hydrogens (tertiary/aromatic N) is 2. The lowest BCUT2D eigenvalue weighted by atomic mass is 9.92. The molecule has 4 atom stereocenters. The first kappa shape index (κ1) is 20.7. The highest BCUT2D eigenvalue weighted by Crippen LogP contribution is 2.47. The molecule has 31 heavy (non-hydrogen) atoms. The molecular formula is C21H23N5O5. The van der Waals surface area contributed by atoms with Gasteiger partial charge in [-0.15, -0.1) is 0 Å². The lowest BCUT2D eigenvalue weighted by molar-refractivity contribution is -0.141. The Morgan fingerprint density at radius 2 is 1.87 bits per heavy atom. The molecule has 1 aliphatic heterocycles. The van der Waals surface area contributed by atoms with Gasteiger partial charge in [0.05, 0.1) is 0 Å². The zero-order valence-corrected chi connectivity index (χ0v) is 17.0. The normalized spacial score (nSPS) is 27.5. The van der Waals surface area contributed by atoms with E-state index >= 15 is 0 Å². The Morgan fingerprint density at radius 3 is 2.48 bits per heavy atom. The average Bonchev–Trinajstić information content (AvgIpc) is 3.34. The van der Waals surface area contributed by atoms with Crippen LogP contribution in [0.1, 0.15) is 43.0 Å². The second-order valence-corrected chi connectivity index (χ2v) is 8.20. The summed E-state index contributed by atoms with van der Waals surface area (Å²) in [6, 6.07) is 5.27. The second-order valence-electron chi connectivity index (χ2n) is 8.20. The number of imide groups is 2. The number of rotatable bonds is 5. The van der Waals surface area contributed by atoms with E-state index in [1.807, 2.05) is 0 Å². The molecule has 1 aromatic carbocycles. The van der Waals surface area contributed by atoms with Crippen molar-refractivity contribution in [2.45, 2.75) is 38.6 Å². The van der Waals surface area contributed by atoms with Gasteiger partial charge in [-0.1, -0.05) is 6.42 Å². The van der Waals surface area contributed by atoms with Crippen LogP contribution in [0.5, 0.6) is 0 Å². The molecule has 162 valence electrons. The molecule has 0 unspecified atom stereocenters. The minimum atomic E-state index is -1.28. The molecule has 3 N–H and O–H groups in total. The van der Waals surface area contributed by atoms with Crippen LogP contribution in [0.25, 0.3) is 0 Å². The molecular weight excluding hydrogens is 402 g/mol. The molecule has 3 aliphatic rings. The van der Waals surface area contributed by atoms with Gasteiger partial charge in [-0.3, -0.25) is 29.4 Å². The summed E-state index contributed by atoms with van der Waals surface area (Å²) in [5.74, 6) is -2.61. The van der Waals surface area contributed by atoms with Crippen LogP contribution in [0.4, 0.5) is 10.5 Å². The third-order valence-corrected chi connectivity index (χ3v) is 6.12. The van der Waals surface area contributed by atoms with E-state index in [9.17, 15) is 24.0 Å². The zero-order valence-electron chi connectivity index (χ0n) is 17.0. The minimum absolute atomic E-state index is 0.188. The number of benzene rings is 1. The van der Waals surface area contributed by atoms with E-state index in [2.05, 4.69) is 21.2 Å². The Kier molecular flexibility index (Phi) is 5.53. The van der Waals surface area contributed by atoms with Crippen LogP contribution < -0.4 is 16.1 Å². The number of barbiturate groups is 1. The van der Waals surface area contributed by atoms with Crippen LogP contribution in [0, 0.1) is 17.8 Å². The number of hydrazone groups is 1. The molecule has 2 aliphatic carbocycles. The third kappa shape index (κ3) is 4.18. The molecule has 4 rings (SSSR count). The third-order valence-electron chi connectivity index (χ3n) is 6.12. The summed E-state index contributed by atoms with van der Waals surface area (Å²) in [4.78, 5) is 61.8. The summed E-state index contributed by atoms with van der Waals surface area (Å²) in [5.41, 5.74) is 3.10. The highest BCUT2D eigenvalue weighted by atomic mass is 16.2. The first-order valence-electron chi connectivity index (χ1n) is 10.2. The van der Waals surface area contributed by atoms with Crippen molar-refractivity contribution in [3.63, 3.8) is 0 Å². The number of amides is 6. The van der Waals surface area contributed by atoms with E-state index in [0.717, 1.165) is 31.9 Å². The summed E-state index contributed by atoms with van der Waals surface area (Å²) in [6.45, 7) is 1.38. The van der Waals surface area contributed by atoms with Crippen LogP contribution in [0.3, 0.4) is 0 Å². The number of hydrogen-bond donors (Lipinski definition) is 3. The Hall–Kier alpha value is -3.56. The van der Waals surface area contributed by atoms with Crippen LogP contribution in [0.15, 0.2) is 29.4 Å². The first-order chi connectivity index (χ1) is 14.8. The van der Waals surface area contributed by atoms with Crippen LogP contribution >= 0.6 is 0 Å². The number of nitrogens with one attached hydrogen (secondary N) is 3. The van der Waals surface area contributed by atoms with Gasteiger partial charge in [0.15, 0.2) is 5.92 Å². The number of carbonyl (C=O) groups excluding carboxylic acids is 5. The topological polar surface area (TPSA) is 137 Å². The van der Waals surface area contributed by atoms with E-state index in [4.69, 9.17) is 0 Å². The Morgan fingerprint density at radius 1 is 1.13 bits per heavy atom. The standard InChI is InChI=1S/C21H23N5O5/c1-11(27)23-15-6-4-13(5-7-15)18(28)25-22-10-16-19(29)24-21(31)26(20(16)30)17-9-12-2-3-14(17)8-12/h4-7,10,12,14,16-17H,2-3,8-9H2,1H3,(H,23,27)(H,25,28)(H,24,29,31)/b22-10-/t12-,14-,16-,17-/m0/s1. The lowest BCUT2D eigenvalue weighted by Crippen LogP contribution is -2.62. The summed E-state index contributed by atoms with van der Waals surface area (Å²) in [7, 11) is 0. The van der Waals surface area contributed by atoms with Gasteiger partial charge in [-0.25, -0.2) is 10.2 Å². The average molecular weight is 425 g/mol. The Balaban J connectivity index is 1.40. The zero-order chi connectivity index (χ0) is 22.1. The largest absolute Gasteiger partial charge is 0.331 e. The quantitative estimate of drug-likeness (QED) is 0.370. The highest BCUT2D eigenvalue weighted by Gasteiger charge is 2.50. The van der Waals surface area contributed by atoms with Crippen LogP contribution in [-0.2, 0) is 14.4 Å². The highest BCUT2D eigenvalue weighted by molar-refractivity contribution is 6.23. The number of hydrogen-bond acceptors (Lipinski definition) is 6. The molecule has 1 heterocycles. The van der Waals surface area contributed by atoms with Gasteiger partial charge in [-0.05, 0) is 55.4 Å². The summed E-state index contributed by atoms with van der Waals surface area (Å²) in [5, 5.41) is 8.58. The minimum Gasteiger partial charge on any atom is -0.326 e. The predicted molar refractivity (Wildman–Crippen MR) is 110 cm³/mol. The van der Waals surface area contributed by atoms with Crippen molar-refractivity contribution in [1.82, 2.24) is 15.6 Å². The van der Waals surface area contributed by atoms with Gasteiger partial charge >= 0.3 is 6.03 Å². The van der Waals surface area contributed by atoms with Gasteiger partial charge in [0.2, 0.25) is 17.7 Å². The monoisotopic (exact) mass is 425 g/mol. The van der Waals surface area contributed by atoms with Crippen LogP contribution in [0.2, 0.25) is 0 Å².